The molecule has 0 bridgehead atoms. The lowest BCUT2D eigenvalue weighted by Gasteiger charge is -2.16. The smallest absolute Gasteiger partial charge is 0.337 e. The molecule has 6 heteroatoms. The highest BCUT2D eigenvalue weighted by Crippen LogP contribution is 2.27. The summed E-state index contributed by atoms with van der Waals surface area (Å²) in [6.45, 7) is 0. The van der Waals surface area contributed by atoms with Crippen LogP contribution in [0.1, 0.15) is 11.7 Å². The van der Waals surface area contributed by atoms with E-state index in [-0.39, 0.29) is 16.3 Å². The van der Waals surface area contributed by atoms with Gasteiger partial charge in [0.15, 0.2) is 6.10 Å². The third-order valence-electron chi connectivity index (χ3n) is 2.06. The lowest BCUT2D eigenvalue weighted by Crippen LogP contribution is -2.28. The summed E-state index contributed by atoms with van der Waals surface area (Å²) in [5.41, 5.74) is 0.209. The largest absolute Gasteiger partial charge is 0.506 e. The molecule has 0 saturated carbocycles. The highest BCUT2D eigenvalue weighted by atomic mass is 35.5. The minimum absolute atomic E-state index is 0.0219. The van der Waals surface area contributed by atoms with Gasteiger partial charge in [-0.3, -0.25) is 0 Å². The second kappa shape index (κ2) is 5.16. The predicted octanol–water partition coefficient (Wildman–Crippen LogP) is 0.613. The van der Waals surface area contributed by atoms with Gasteiger partial charge in [-0.25, -0.2) is 4.79 Å². The van der Waals surface area contributed by atoms with Crippen molar-refractivity contribution < 1.29 is 24.9 Å². The number of hydrogen-bond acceptors (Lipinski definition) is 5. The average Bonchev–Trinajstić information content (AvgIpc) is 2.29. The number of methoxy groups -OCH3 is 1. The van der Waals surface area contributed by atoms with E-state index in [0.717, 1.165) is 7.11 Å². The molecular formula is C10H11ClO5. The molecule has 0 radical (unpaired) electrons. The maximum absolute atomic E-state index is 11.0. The SMILES string of the molecule is COC(=O)C(O)C(O)c1ccc(O)c(Cl)c1. The van der Waals surface area contributed by atoms with Gasteiger partial charge in [0.25, 0.3) is 0 Å². The summed E-state index contributed by atoms with van der Waals surface area (Å²) >= 11 is 5.62. The molecule has 0 spiro atoms. The van der Waals surface area contributed by atoms with Crippen molar-refractivity contribution in [2.75, 3.05) is 7.11 Å². The molecule has 0 aliphatic rings. The molecule has 1 rings (SSSR count). The van der Waals surface area contributed by atoms with E-state index in [1.54, 1.807) is 0 Å². The molecule has 1 aromatic rings. The fourth-order valence-electron chi connectivity index (χ4n) is 1.14. The van der Waals surface area contributed by atoms with Gasteiger partial charge in [0.05, 0.1) is 12.1 Å². The van der Waals surface area contributed by atoms with Crippen LogP contribution < -0.4 is 0 Å². The highest BCUT2D eigenvalue weighted by Gasteiger charge is 2.26. The van der Waals surface area contributed by atoms with E-state index in [0.29, 0.717) is 0 Å². The van der Waals surface area contributed by atoms with Gasteiger partial charge in [0.2, 0.25) is 0 Å². The summed E-state index contributed by atoms with van der Waals surface area (Å²) in [4.78, 5) is 11.0. The number of hydrogen-bond donors (Lipinski definition) is 3. The van der Waals surface area contributed by atoms with Gasteiger partial charge >= 0.3 is 5.97 Å². The van der Waals surface area contributed by atoms with Crippen molar-refractivity contribution in [1.82, 2.24) is 0 Å². The number of halogens is 1. The number of esters is 1. The molecule has 1 aromatic carbocycles. The number of carbonyl (C=O) groups excluding carboxylic acids is 1. The fourth-order valence-corrected chi connectivity index (χ4v) is 1.33. The molecule has 0 heterocycles. The first-order valence-corrected chi connectivity index (χ1v) is 4.77. The van der Waals surface area contributed by atoms with Crippen LogP contribution in [0.25, 0.3) is 0 Å². The third kappa shape index (κ3) is 2.63. The van der Waals surface area contributed by atoms with E-state index in [1.165, 1.54) is 18.2 Å². The number of phenolic OH excluding ortho intramolecular Hbond substituents is 1. The number of ether oxygens (including phenoxy) is 1. The van der Waals surface area contributed by atoms with E-state index in [1.807, 2.05) is 0 Å². The van der Waals surface area contributed by atoms with Crippen LogP contribution in [0, 0.1) is 0 Å². The van der Waals surface area contributed by atoms with Crippen LogP contribution >= 0.6 is 11.6 Å². The number of carbonyl (C=O) groups is 1. The molecule has 88 valence electrons. The van der Waals surface area contributed by atoms with E-state index >= 15 is 0 Å². The normalized spacial score (nSPS) is 14.2. The standard InChI is InChI=1S/C10H11ClO5/c1-16-10(15)9(14)8(13)5-2-3-7(12)6(11)4-5/h2-4,8-9,12-14H,1H3. The minimum Gasteiger partial charge on any atom is -0.506 e. The Bertz CT molecular complexity index is 393. The second-order valence-electron chi connectivity index (χ2n) is 3.12. The zero-order chi connectivity index (χ0) is 12.3. The number of aliphatic hydroxyl groups excluding tert-OH is 2. The monoisotopic (exact) mass is 246 g/mol. The molecule has 2 unspecified atom stereocenters. The van der Waals surface area contributed by atoms with Gasteiger partial charge in [0.1, 0.15) is 11.9 Å². The van der Waals surface area contributed by atoms with Crippen LogP contribution in [0.3, 0.4) is 0 Å². The van der Waals surface area contributed by atoms with E-state index in [2.05, 4.69) is 4.74 Å². The molecule has 0 aromatic heterocycles. The first-order chi connectivity index (χ1) is 7.47. The van der Waals surface area contributed by atoms with Crippen LogP contribution in [0.2, 0.25) is 5.02 Å². The zero-order valence-electron chi connectivity index (χ0n) is 8.42. The van der Waals surface area contributed by atoms with E-state index < -0.39 is 18.2 Å². The van der Waals surface area contributed by atoms with Gasteiger partial charge in [-0.05, 0) is 17.7 Å². The number of aromatic hydroxyl groups is 1. The Labute approximate surface area is 96.9 Å². The Kier molecular flexibility index (Phi) is 4.12. The fraction of sp³-hybridized carbons (Fsp3) is 0.300. The Morgan fingerprint density at radius 2 is 2.06 bits per heavy atom. The van der Waals surface area contributed by atoms with Crippen molar-refractivity contribution in [1.29, 1.82) is 0 Å². The summed E-state index contributed by atoms with van der Waals surface area (Å²) in [5.74, 6) is -1.10. The molecule has 0 aliphatic carbocycles. The molecule has 5 nitrogen and oxygen atoms in total. The molecule has 0 aliphatic heterocycles. The summed E-state index contributed by atoms with van der Waals surface area (Å²) in [6.07, 6.45) is -3.14. The van der Waals surface area contributed by atoms with Crippen molar-refractivity contribution in [3.8, 4) is 5.75 Å². The Balaban J connectivity index is 2.91. The second-order valence-corrected chi connectivity index (χ2v) is 3.53. The lowest BCUT2D eigenvalue weighted by molar-refractivity contribution is -0.156. The van der Waals surface area contributed by atoms with Gasteiger partial charge < -0.3 is 20.1 Å². The number of phenols is 1. The van der Waals surface area contributed by atoms with Crippen LogP contribution in [0.15, 0.2) is 18.2 Å². The average molecular weight is 247 g/mol. The maximum Gasteiger partial charge on any atom is 0.337 e. The summed E-state index contributed by atoms with van der Waals surface area (Å²) in [7, 11) is 1.10. The Hall–Kier alpha value is -1.30. The maximum atomic E-state index is 11.0. The van der Waals surface area contributed by atoms with Crippen LogP contribution in [-0.4, -0.2) is 34.5 Å². The lowest BCUT2D eigenvalue weighted by atomic mass is 10.0. The molecule has 3 N–H and O–H groups in total. The number of aliphatic hydroxyl groups is 2. The minimum atomic E-state index is -1.69. The molecule has 0 saturated heterocycles. The predicted molar refractivity (Wildman–Crippen MR) is 56.1 cm³/mol. The van der Waals surface area contributed by atoms with Gasteiger partial charge in [-0.1, -0.05) is 17.7 Å². The van der Waals surface area contributed by atoms with Gasteiger partial charge in [-0.15, -0.1) is 0 Å². The van der Waals surface area contributed by atoms with E-state index in [4.69, 9.17) is 16.7 Å². The van der Waals surface area contributed by atoms with E-state index in [9.17, 15) is 15.0 Å². The Morgan fingerprint density at radius 1 is 1.44 bits per heavy atom. The molecular weight excluding hydrogens is 236 g/mol. The van der Waals surface area contributed by atoms with Crippen molar-refractivity contribution in [3.05, 3.63) is 28.8 Å². The Morgan fingerprint density at radius 3 is 2.56 bits per heavy atom. The van der Waals surface area contributed by atoms with Crippen molar-refractivity contribution >= 4 is 17.6 Å². The molecule has 0 fully saturated rings. The number of benzene rings is 1. The van der Waals surface area contributed by atoms with Gasteiger partial charge in [-0.2, -0.15) is 0 Å². The topological polar surface area (TPSA) is 87.0 Å². The molecule has 16 heavy (non-hydrogen) atoms. The highest BCUT2D eigenvalue weighted by molar-refractivity contribution is 6.32. The summed E-state index contributed by atoms with van der Waals surface area (Å²) < 4.78 is 4.28. The van der Waals surface area contributed by atoms with Crippen LogP contribution in [0.5, 0.6) is 5.75 Å². The zero-order valence-corrected chi connectivity index (χ0v) is 9.18. The molecule has 0 amide bonds. The van der Waals surface area contributed by atoms with Crippen LogP contribution in [-0.2, 0) is 9.53 Å². The van der Waals surface area contributed by atoms with Crippen LogP contribution in [0.4, 0.5) is 0 Å². The van der Waals surface area contributed by atoms with Gasteiger partial charge in [0, 0.05) is 0 Å². The molecule has 2 atom stereocenters. The number of rotatable bonds is 3. The first-order valence-electron chi connectivity index (χ1n) is 4.39. The quantitative estimate of drug-likeness (QED) is 0.681. The summed E-state index contributed by atoms with van der Waals surface area (Å²) in [6, 6.07) is 3.86. The summed E-state index contributed by atoms with van der Waals surface area (Å²) in [5, 5.41) is 28.2. The van der Waals surface area contributed by atoms with Crippen molar-refractivity contribution in [3.63, 3.8) is 0 Å². The first kappa shape index (κ1) is 12.8. The van der Waals surface area contributed by atoms with Crippen molar-refractivity contribution in [2.45, 2.75) is 12.2 Å². The third-order valence-corrected chi connectivity index (χ3v) is 2.36. The van der Waals surface area contributed by atoms with Crippen molar-refractivity contribution in [2.24, 2.45) is 0 Å².